The molecule has 3 aromatic rings. The Kier molecular flexibility index (Phi) is 8.36. The van der Waals surface area contributed by atoms with E-state index >= 15 is 0 Å². The molecule has 0 unspecified atom stereocenters. The number of rotatable bonds is 10. The molecule has 8 heteroatoms. The Labute approximate surface area is 207 Å². The van der Waals surface area contributed by atoms with Gasteiger partial charge >= 0.3 is 0 Å². The first-order chi connectivity index (χ1) is 17.0. The van der Waals surface area contributed by atoms with E-state index in [0.29, 0.717) is 19.6 Å². The van der Waals surface area contributed by atoms with Crippen LogP contribution in [0.2, 0.25) is 0 Å². The van der Waals surface area contributed by atoms with Crippen molar-refractivity contribution in [3.63, 3.8) is 0 Å². The van der Waals surface area contributed by atoms with E-state index in [0.717, 1.165) is 61.3 Å². The third-order valence-corrected chi connectivity index (χ3v) is 6.24. The van der Waals surface area contributed by atoms with E-state index in [9.17, 15) is 4.79 Å². The van der Waals surface area contributed by atoms with Crippen LogP contribution in [0, 0.1) is 5.92 Å². The average Bonchev–Trinajstić information content (AvgIpc) is 3.15. The van der Waals surface area contributed by atoms with Crippen LogP contribution in [0.5, 0.6) is 11.5 Å². The van der Waals surface area contributed by atoms with Gasteiger partial charge in [-0.1, -0.05) is 50.2 Å². The van der Waals surface area contributed by atoms with Gasteiger partial charge in [0.1, 0.15) is 18.3 Å². The van der Waals surface area contributed by atoms with Crippen molar-refractivity contribution in [1.82, 2.24) is 25.0 Å². The maximum absolute atomic E-state index is 11.8. The molecule has 8 nitrogen and oxygen atoms in total. The van der Waals surface area contributed by atoms with Crippen LogP contribution in [0.4, 0.5) is 0 Å². The van der Waals surface area contributed by atoms with E-state index in [-0.39, 0.29) is 11.8 Å². The first-order valence-corrected chi connectivity index (χ1v) is 12.3. The summed E-state index contributed by atoms with van der Waals surface area (Å²) >= 11 is 0. The molecule has 0 bridgehead atoms. The highest BCUT2D eigenvalue weighted by Gasteiger charge is 2.19. The number of benzene rings is 2. The predicted molar refractivity (Wildman–Crippen MR) is 134 cm³/mol. The Morgan fingerprint density at radius 2 is 1.86 bits per heavy atom. The van der Waals surface area contributed by atoms with Gasteiger partial charge in [0.2, 0.25) is 5.91 Å². The third-order valence-electron chi connectivity index (χ3n) is 6.24. The highest BCUT2D eigenvalue weighted by molar-refractivity contribution is 5.77. The van der Waals surface area contributed by atoms with Gasteiger partial charge in [0.05, 0.1) is 7.11 Å². The molecule has 0 radical (unpaired) electrons. The summed E-state index contributed by atoms with van der Waals surface area (Å²) in [5.74, 6) is 3.50. The molecule has 0 spiro atoms. The minimum Gasteiger partial charge on any atom is -0.493 e. The molecule has 1 amide bonds. The number of methoxy groups -OCH3 is 1. The molecule has 1 aromatic heterocycles. The first kappa shape index (κ1) is 24.7. The van der Waals surface area contributed by atoms with E-state index in [1.165, 1.54) is 5.56 Å². The molecule has 0 aliphatic carbocycles. The van der Waals surface area contributed by atoms with Crippen LogP contribution in [0.1, 0.15) is 36.6 Å². The minimum absolute atomic E-state index is 0.0119. The van der Waals surface area contributed by atoms with E-state index in [2.05, 4.69) is 37.1 Å². The van der Waals surface area contributed by atoms with Gasteiger partial charge < -0.3 is 19.4 Å². The Hall–Kier alpha value is -3.39. The minimum atomic E-state index is -0.0119. The molecule has 0 saturated carbocycles. The number of fused-ring (bicyclic) bond motifs is 1. The summed E-state index contributed by atoms with van der Waals surface area (Å²) in [4.78, 5) is 14.3. The summed E-state index contributed by atoms with van der Waals surface area (Å²) in [5, 5.41) is 11.8. The van der Waals surface area contributed by atoms with Gasteiger partial charge in [0, 0.05) is 51.5 Å². The highest BCUT2D eigenvalue weighted by atomic mass is 16.5. The Bertz CT molecular complexity index is 1110. The second-order valence-corrected chi connectivity index (χ2v) is 9.17. The SMILES string of the molecule is COc1cc(CN2CCc3nnc(CCNC(=O)C(C)C)n3CC2)ccc1OCc1ccccc1. The van der Waals surface area contributed by atoms with Crippen molar-refractivity contribution in [2.75, 3.05) is 26.7 Å². The quantitative estimate of drug-likeness (QED) is 0.483. The van der Waals surface area contributed by atoms with Crippen molar-refractivity contribution >= 4 is 5.91 Å². The smallest absolute Gasteiger partial charge is 0.222 e. The zero-order valence-corrected chi connectivity index (χ0v) is 20.9. The number of hydrogen-bond donors (Lipinski definition) is 1. The zero-order valence-electron chi connectivity index (χ0n) is 20.9. The number of nitrogens with zero attached hydrogens (tertiary/aromatic N) is 4. The normalized spacial score (nSPS) is 13.8. The van der Waals surface area contributed by atoms with E-state index in [4.69, 9.17) is 9.47 Å². The fourth-order valence-electron chi connectivity index (χ4n) is 4.19. The average molecular weight is 478 g/mol. The topological polar surface area (TPSA) is 81.5 Å². The molecule has 35 heavy (non-hydrogen) atoms. The lowest BCUT2D eigenvalue weighted by molar-refractivity contribution is -0.123. The van der Waals surface area contributed by atoms with Crippen molar-refractivity contribution in [2.45, 2.75) is 46.4 Å². The van der Waals surface area contributed by atoms with Crippen molar-refractivity contribution < 1.29 is 14.3 Å². The Morgan fingerprint density at radius 1 is 1.03 bits per heavy atom. The predicted octanol–water partition coefficient (Wildman–Crippen LogP) is 3.24. The monoisotopic (exact) mass is 477 g/mol. The van der Waals surface area contributed by atoms with Gasteiger partial charge in [-0.3, -0.25) is 9.69 Å². The molecule has 4 rings (SSSR count). The summed E-state index contributed by atoms with van der Waals surface area (Å²) in [7, 11) is 1.68. The molecule has 0 atom stereocenters. The number of nitrogens with one attached hydrogen (secondary N) is 1. The van der Waals surface area contributed by atoms with Gasteiger partial charge in [-0.25, -0.2) is 0 Å². The Balaban J connectivity index is 1.32. The van der Waals surface area contributed by atoms with Crippen LogP contribution in [0.15, 0.2) is 48.5 Å². The summed E-state index contributed by atoms with van der Waals surface area (Å²) < 4.78 is 13.8. The zero-order chi connectivity index (χ0) is 24.6. The fourth-order valence-corrected chi connectivity index (χ4v) is 4.19. The maximum Gasteiger partial charge on any atom is 0.222 e. The van der Waals surface area contributed by atoms with Crippen molar-refractivity contribution in [3.8, 4) is 11.5 Å². The molecule has 1 aliphatic heterocycles. The summed E-state index contributed by atoms with van der Waals surface area (Å²) in [5.41, 5.74) is 2.31. The van der Waals surface area contributed by atoms with Crippen LogP contribution in [-0.2, 0) is 37.3 Å². The molecule has 0 saturated heterocycles. The molecule has 1 N–H and O–H groups in total. The lowest BCUT2D eigenvalue weighted by Gasteiger charge is -2.20. The third kappa shape index (κ3) is 6.60. The molecular formula is C27H35N5O3. The first-order valence-electron chi connectivity index (χ1n) is 12.3. The van der Waals surface area contributed by atoms with Crippen LogP contribution in [0.25, 0.3) is 0 Å². The van der Waals surface area contributed by atoms with Gasteiger partial charge in [0.25, 0.3) is 0 Å². The van der Waals surface area contributed by atoms with Crippen LogP contribution in [0.3, 0.4) is 0 Å². The number of carbonyl (C=O) groups excluding carboxylic acids is 1. The van der Waals surface area contributed by atoms with Gasteiger partial charge in [-0.05, 0) is 23.3 Å². The second-order valence-electron chi connectivity index (χ2n) is 9.17. The van der Waals surface area contributed by atoms with Gasteiger partial charge in [-0.2, -0.15) is 0 Å². The van der Waals surface area contributed by atoms with Crippen molar-refractivity contribution in [1.29, 1.82) is 0 Å². The number of ether oxygens (including phenoxy) is 2. The summed E-state index contributed by atoms with van der Waals surface area (Å²) in [6, 6.07) is 16.3. The molecule has 2 heterocycles. The fraction of sp³-hybridized carbons (Fsp3) is 0.444. The summed E-state index contributed by atoms with van der Waals surface area (Å²) in [6.45, 7) is 8.37. The van der Waals surface area contributed by atoms with Gasteiger partial charge in [0.15, 0.2) is 11.5 Å². The van der Waals surface area contributed by atoms with Crippen molar-refractivity contribution in [2.24, 2.45) is 5.92 Å². The maximum atomic E-state index is 11.8. The molecule has 0 fully saturated rings. The van der Waals surface area contributed by atoms with Crippen molar-refractivity contribution in [3.05, 3.63) is 71.3 Å². The standard InChI is InChI=1S/C27H35N5O3/c1-20(2)27(33)28-13-11-25-29-30-26-12-14-31(15-16-32(25)26)18-22-9-10-23(24(17-22)34-3)35-19-21-7-5-4-6-8-21/h4-10,17,20H,11-16,18-19H2,1-3H3,(H,28,33). The molecule has 2 aromatic carbocycles. The number of amides is 1. The van der Waals surface area contributed by atoms with E-state index < -0.39 is 0 Å². The number of carbonyl (C=O) groups is 1. The van der Waals surface area contributed by atoms with Crippen LogP contribution < -0.4 is 14.8 Å². The molecule has 1 aliphatic rings. The second kappa shape index (κ2) is 11.8. The Morgan fingerprint density at radius 3 is 2.63 bits per heavy atom. The molecular weight excluding hydrogens is 442 g/mol. The van der Waals surface area contributed by atoms with E-state index in [1.807, 2.05) is 50.2 Å². The van der Waals surface area contributed by atoms with E-state index in [1.54, 1.807) is 7.11 Å². The summed E-state index contributed by atoms with van der Waals surface area (Å²) in [6.07, 6.45) is 1.54. The van der Waals surface area contributed by atoms with Crippen LogP contribution in [-0.4, -0.2) is 52.3 Å². The highest BCUT2D eigenvalue weighted by Crippen LogP contribution is 2.29. The van der Waals surface area contributed by atoms with Gasteiger partial charge in [-0.15, -0.1) is 10.2 Å². The lowest BCUT2D eigenvalue weighted by atomic mass is 10.1. The number of aromatic nitrogens is 3. The van der Waals surface area contributed by atoms with Crippen LogP contribution >= 0.6 is 0 Å². The lowest BCUT2D eigenvalue weighted by Crippen LogP contribution is -2.30. The molecule has 186 valence electrons. The largest absolute Gasteiger partial charge is 0.493 e. The number of hydrogen-bond acceptors (Lipinski definition) is 6.